The van der Waals surface area contributed by atoms with E-state index in [9.17, 15) is 9.59 Å². The van der Waals surface area contributed by atoms with Crippen molar-refractivity contribution in [3.05, 3.63) is 63.6 Å². The van der Waals surface area contributed by atoms with Gasteiger partial charge in [0.05, 0.1) is 23.3 Å². The van der Waals surface area contributed by atoms with Crippen LogP contribution < -0.4 is 5.32 Å². The standard InChI is InChI=1S/C18H16Cl2N2O3/c19-15-5-4-14(11-16(15)20)21-17(23)12-2-1-3-13(10-12)18(24)22-6-8-25-9-7-22/h1-5,10-11H,6-9H2,(H,21,23). The Bertz CT molecular complexity index is 805. The molecule has 0 unspecified atom stereocenters. The van der Waals surface area contributed by atoms with Crippen molar-refractivity contribution in [2.24, 2.45) is 0 Å². The quantitative estimate of drug-likeness (QED) is 0.885. The smallest absolute Gasteiger partial charge is 0.255 e. The molecule has 130 valence electrons. The number of nitrogens with one attached hydrogen (secondary N) is 1. The Morgan fingerprint density at radius 2 is 1.68 bits per heavy atom. The summed E-state index contributed by atoms with van der Waals surface area (Å²) < 4.78 is 5.25. The molecule has 1 N–H and O–H groups in total. The van der Waals surface area contributed by atoms with E-state index in [1.54, 1.807) is 47.4 Å². The zero-order valence-corrected chi connectivity index (χ0v) is 14.8. The third-order valence-electron chi connectivity index (χ3n) is 3.85. The Balaban J connectivity index is 1.74. The molecule has 1 aliphatic heterocycles. The highest BCUT2D eigenvalue weighted by molar-refractivity contribution is 6.42. The molecule has 5 nitrogen and oxygen atoms in total. The average Bonchev–Trinajstić information content (AvgIpc) is 2.65. The van der Waals surface area contributed by atoms with E-state index in [1.165, 1.54) is 0 Å². The summed E-state index contributed by atoms with van der Waals surface area (Å²) >= 11 is 11.8. The molecule has 2 aromatic carbocycles. The van der Waals surface area contributed by atoms with Gasteiger partial charge >= 0.3 is 0 Å². The van der Waals surface area contributed by atoms with Gasteiger partial charge in [0.25, 0.3) is 11.8 Å². The van der Waals surface area contributed by atoms with E-state index >= 15 is 0 Å². The van der Waals surface area contributed by atoms with E-state index in [2.05, 4.69) is 5.32 Å². The minimum absolute atomic E-state index is 0.104. The maximum absolute atomic E-state index is 12.5. The van der Waals surface area contributed by atoms with E-state index in [0.717, 1.165) is 0 Å². The number of hydrogen-bond donors (Lipinski definition) is 1. The number of rotatable bonds is 3. The average molecular weight is 379 g/mol. The SMILES string of the molecule is O=C(Nc1ccc(Cl)c(Cl)c1)c1cccc(C(=O)N2CCOCC2)c1. The highest BCUT2D eigenvalue weighted by atomic mass is 35.5. The van der Waals surface area contributed by atoms with Crippen LogP contribution in [0.25, 0.3) is 0 Å². The molecule has 0 aliphatic carbocycles. The molecular formula is C18H16Cl2N2O3. The predicted octanol–water partition coefficient (Wildman–Crippen LogP) is 3.72. The van der Waals surface area contributed by atoms with Crippen molar-refractivity contribution in [3.63, 3.8) is 0 Å². The van der Waals surface area contributed by atoms with Gasteiger partial charge in [-0.05, 0) is 36.4 Å². The summed E-state index contributed by atoms with van der Waals surface area (Å²) in [4.78, 5) is 26.7. The second kappa shape index (κ2) is 7.87. The third kappa shape index (κ3) is 4.31. The lowest BCUT2D eigenvalue weighted by Gasteiger charge is -2.27. The largest absolute Gasteiger partial charge is 0.378 e. The third-order valence-corrected chi connectivity index (χ3v) is 4.59. The van der Waals surface area contributed by atoms with Crippen molar-refractivity contribution < 1.29 is 14.3 Å². The van der Waals surface area contributed by atoms with E-state index in [-0.39, 0.29) is 11.8 Å². The van der Waals surface area contributed by atoms with Crippen LogP contribution >= 0.6 is 23.2 Å². The number of amides is 2. The molecule has 0 aromatic heterocycles. The summed E-state index contributed by atoms with van der Waals surface area (Å²) in [5, 5.41) is 3.52. The van der Waals surface area contributed by atoms with Gasteiger partial charge < -0.3 is 15.0 Å². The first kappa shape index (κ1) is 17.7. The fourth-order valence-corrected chi connectivity index (χ4v) is 2.82. The van der Waals surface area contributed by atoms with Gasteiger partial charge in [-0.25, -0.2) is 0 Å². The molecule has 2 amide bonds. The van der Waals surface area contributed by atoms with Crippen LogP contribution in [0.15, 0.2) is 42.5 Å². The van der Waals surface area contributed by atoms with Crippen LogP contribution in [-0.2, 0) is 4.74 Å². The van der Waals surface area contributed by atoms with Crippen LogP contribution in [-0.4, -0.2) is 43.0 Å². The van der Waals surface area contributed by atoms with Gasteiger partial charge in [0.15, 0.2) is 0 Å². The molecule has 1 fully saturated rings. The normalized spacial score (nSPS) is 14.2. The van der Waals surface area contributed by atoms with Crippen LogP contribution in [0.5, 0.6) is 0 Å². The fraction of sp³-hybridized carbons (Fsp3) is 0.222. The Hall–Kier alpha value is -2.08. The minimum atomic E-state index is -0.324. The number of anilines is 1. The number of ether oxygens (including phenoxy) is 1. The molecular weight excluding hydrogens is 363 g/mol. The number of morpholine rings is 1. The van der Waals surface area contributed by atoms with Gasteiger partial charge in [-0.2, -0.15) is 0 Å². The molecule has 0 radical (unpaired) electrons. The number of carbonyl (C=O) groups excluding carboxylic acids is 2. The zero-order valence-electron chi connectivity index (χ0n) is 13.3. The van der Waals surface area contributed by atoms with E-state index in [0.29, 0.717) is 53.2 Å². The van der Waals surface area contributed by atoms with Gasteiger partial charge in [-0.1, -0.05) is 29.3 Å². The summed E-state index contributed by atoms with van der Waals surface area (Å²) in [5.74, 6) is -0.428. The second-order valence-corrected chi connectivity index (χ2v) is 6.38. The monoisotopic (exact) mass is 378 g/mol. The number of benzene rings is 2. The first-order valence-electron chi connectivity index (χ1n) is 7.78. The van der Waals surface area contributed by atoms with Crippen LogP contribution in [0, 0.1) is 0 Å². The predicted molar refractivity (Wildman–Crippen MR) is 97.6 cm³/mol. The topological polar surface area (TPSA) is 58.6 Å². The molecule has 1 saturated heterocycles. The van der Waals surface area contributed by atoms with Gasteiger partial charge in [-0.15, -0.1) is 0 Å². The first-order valence-corrected chi connectivity index (χ1v) is 8.53. The minimum Gasteiger partial charge on any atom is -0.378 e. The molecule has 0 atom stereocenters. The van der Waals surface area contributed by atoms with E-state index in [1.807, 2.05) is 0 Å². The van der Waals surface area contributed by atoms with E-state index < -0.39 is 0 Å². The molecule has 0 bridgehead atoms. The van der Waals surface area contributed by atoms with Crippen molar-refractivity contribution >= 4 is 40.7 Å². The Morgan fingerprint density at radius 1 is 0.960 bits per heavy atom. The summed E-state index contributed by atoms with van der Waals surface area (Å²) in [6.45, 7) is 2.17. The number of carbonyl (C=O) groups is 2. The summed E-state index contributed by atoms with van der Waals surface area (Å²) in [7, 11) is 0. The maximum Gasteiger partial charge on any atom is 0.255 e. The van der Waals surface area contributed by atoms with Gasteiger partial charge in [0.2, 0.25) is 0 Å². The molecule has 25 heavy (non-hydrogen) atoms. The molecule has 3 rings (SSSR count). The Morgan fingerprint density at radius 3 is 2.40 bits per heavy atom. The molecule has 0 spiro atoms. The molecule has 7 heteroatoms. The lowest BCUT2D eigenvalue weighted by Crippen LogP contribution is -2.40. The number of halogens is 2. The van der Waals surface area contributed by atoms with Crippen LogP contribution in [0.4, 0.5) is 5.69 Å². The lowest BCUT2D eigenvalue weighted by atomic mass is 10.1. The fourth-order valence-electron chi connectivity index (χ4n) is 2.52. The van der Waals surface area contributed by atoms with Crippen molar-refractivity contribution in [1.82, 2.24) is 4.90 Å². The number of nitrogens with zero attached hydrogens (tertiary/aromatic N) is 1. The summed E-state index contributed by atoms with van der Waals surface area (Å²) in [6.07, 6.45) is 0. The van der Waals surface area contributed by atoms with Crippen LogP contribution in [0.1, 0.15) is 20.7 Å². The molecule has 1 heterocycles. The van der Waals surface area contributed by atoms with Crippen molar-refractivity contribution in [3.8, 4) is 0 Å². The maximum atomic E-state index is 12.5. The van der Waals surface area contributed by atoms with Crippen molar-refractivity contribution in [2.75, 3.05) is 31.6 Å². The zero-order chi connectivity index (χ0) is 17.8. The van der Waals surface area contributed by atoms with Gasteiger partial charge in [0, 0.05) is 29.9 Å². The van der Waals surface area contributed by atoms with Crippen LogP contribution in [0.2, 0.25) is 10.0 Å². The second-order valence-electron chi connectivity index (χ2n) is 5.57. The van der Waals surface area contributed by atoms with Crippen LogP contribution in [0.3, 0.4) is 0 Å². The van der Waals surface area contributed by atoms with Crippen molar-refractivity contribution in [1.29, 1.82) is 0 Å². The van der Waals surface area contributed by atoms with Gasteiger partial charge in [-0.3, -0.25) is 9.59 Å². The van der Waals surface area contributed by atoms with E-state index in [4.69, 9.17) is 27.9 Å². The summed E-state index contributed by atoms with van der Waals surface area (Å²) in [5.41, 5.74) is 1.40. The number of hydrogen-bond acceptors (Lipinski definition) is 3. The highest BCUT2D eigenvalue weighted by Crippen LogP contribution is 2.25. The lowest BCUT2D eigenvalue weighted by molar-refractivity contribution is 0.0303. The Labute approximate surface area is 155 Å². The Kier molecular flexibility index (Phi) is 5.58. The first-order chi connectivity index (χ1) is 12.0. The molecule has 1 aliphatic rings. The van der Waals surface area contributed by atoms with Gasteiger partial charge in [0.1, 0.15) is 0 Å². The summed E-state index contributed by atoms with van der Waals surface area (Å²) in [6, 6.07) is 11.5. The molecule has 0 saturated carbocycles. The highest BCUT2D eigenvalue weighted by Gasteiger charge is 2.19. The molecule has 2 aromatic rings. The van der Waals surface area contributed by atoms with Crippen molar-refractivity contribution in [2.45, 2.75) is 0 Å².